The normalized spacial score (nSPS) is 9.08. The highest BCUT2D eigenvalue weighted by molar-refractivity contribution is 5.45. The molecule has 1 aromatic rings. The Kier molecular flexibility index (Phi) is 6.03. The summed E-state index contributed by atoms with van der Waals surface area (Å²) in [6.45, 7) is 10.4. The van der Waals surface area contributed by atoms with Gasteiger partial charge in [0.05, 0.1) is 0 Å². The van der Waals surface area contributed by atoms with E-state index in [1.807, 2.05) is 13.8 Å². The van der Waals surface area contributed by atoms with E-state index >= 15 is 0 Å². The van der Waals surface area contributed by atoms with Gasteiger partial charge in [-0.15, -0.1) is 0 Å². The van der Waals surface area contributed by atoms with Crippen molar-refractivity contribution in [1.82, 2.24) is 0 Å². The van der Waals surface area contributed by atoms with Crippen LogP contribution in [0.2, 0.25) is 0 Å². The predicted molar refractivity (Wildman–Crippen MR) is 61.3 cm³/mol. The van der Waals surface area contributed by atoms with E-state index < -0.39 is 0 Å². The van der Waals surface area contributed by atoms with Crippen molar-refractivity contribution in [1.29, 1.82) is 0 Å². The molecule has 0 heterocycles. The number of hydrogen-bond donors (Lipinski definition) is 1. The molecule has 1 N–H and O–H groups in total. The number of hydrogen-bond acceptors (Lipinski definition) is 1. The summed E-state index contributed by atoms with van der Waals surface area (Å²) in [5, 5.41) is 3.35. The number of aryl methyl sites for hydroxylation is 1. The van der Waals surface area contributed by atoms with E-state index in [1.54, 1.807) is 0 Å². The topological polar surface area (TPSA) is 12.0 Å². The Bertz CT molecular complexity index is 228. The molecule has 1 nitrogen and oxygen atoms in total. The number of nitrogens with one attached hydrogen (secondary N) is 1. The van der Waals surface area contributed by atoms with Gasteiger partial charge in [0.1, 0.15) is 0 Å². The zero-order valence-electron chi connectivity index (χ0n) is 9.39. The van der Waals surface area contributed by atoms with Crippen molar-refractivity contribution in [2.45, 2.75) is 40.7 Å². The van der Waals surface area contributed by atoms with Crippen LogP contribution in [-0.4, -0.2) is 6.04 Å². The highest BCUT2D eigenvalue weighted by Crippen LogP contribution is 2.10. The SMILES string of the molecule is CC.Cc1cccc(NC(C)C)c1. The Morgan fingerprint density at radius 3 is 2.23 bits per heavy atom. The van der Waals surface area contributed by atoms with Gasteiger partial charge in [-0.3, -0.25) is 0 Å². The van der Waals surface area contributed by atoms with Crippen molar-refractivity contribution in [3.63, 3.8) is 0 Å². The van der Waals surface area contributed by atoms with E-state index in [4.69, 9.17) is 0 Å². The van der Waals surface area contributed by atoms with Crippen LogP contribution in [0.1, 0.15) is 33.3 Å². The van der Waals surface area contributed by atoms with Gasteiger partial charge < -0.3 is 5.32 Å². The summed E-state index contributed by atoms with van der Waals surface area (Å²) in [6, 6.07) is 8.93. The van der Waals surface area contributed by atoms with Gasteiger partial charge in [0.25, 0.3) is 0 Å². The molecule has 0 radical (unpaired) electrons. The third-order valence-corrected chi connectivity index (χ3v) is 1.47. The molecule has 0 bridgehead atoms. The van der Waals surface area contributed by atoms with Crippen LogP contribution in [0.5, 0.6) is 0 Å². The van der Waals surface area contributed by atoms with Crippen LogP contribution >= 0.6 is 0 Å². The van der Waals surface area contributed by atoms with E-state index in [9.17, 15) is 0 Å². The summed E-state index contributed by atoms with van der Waals surface area (Å²) in [5.41, 5.74) is 2.51. The monoisotopic (exact) mass is 179 g/mol. The van der Waals surface area contributed by atoms with Crippen LogP contribution in [0.4, 0.5) is 5.69 Å². The van der Waals surface area contributed by atoms with Gasteiger partial charge >= 0.3 is 0 Å². The van der Waals surface area contributed by atoms with Crippen molar-refractivity contribution in [2.24, 2.45) is 0 Å². The van der Waals surface area contributed by atoms with Crippen molar-refractivity contribution < 1.29 is 0 Å². The second kappa shape index (κ2) is 6.53. The van der Waals surface area contributed by atoms with Gasteiger partial charge in [-0.25, -0.2) is 0 Å². The number of anilines is 1. The standard InChI is InChI=1S/C10H15N.C2H6/c1-8(2)11-10-6-4-5-9(3)7-10;1-2/h4-8,11H,1-3H3;1-2H3. The number of rotatable bonds is 2. The molecule has 0 aliphatic heterocycles. The minimum absolute atomic E-state index is 0.511. The Hall–Kier alpha value is -0.980. The summed E-state index contributed by atoms with van der Waals surface area (Å²) >= 11 is 0. The van der Waals surface area contributed by atoms with Gasteiger partial charge in [0.2, 0.25) is 0 Å². The second-order valence-corrected chi connectivity index (χ2v) is 3.17. The lowest BCUT2D eigenvalue weighted by Gasteiger charge is -2.09. The Balaban J connectivity index is 0.000000671. The summed E-state index contributed by atoms with van der Waals surface area (Å²) in [4.78, 5) is 0. The molecule has 0 amide bonds. The zero-order valence-corrected chi connectivity index (χ0v) is 9.39. The van der Waals surface area contributed by atoms with Crippen LogP contribution in [0.15, 0.2) is 24.3 Å². The summed E-state index contributed by atoms with van der Waals surface area (Å²) in [5.74, 6) is 0. The van der Waals surface area contributed by atoms with Gasteiger partial charge in [-0.2, -0.15) is 0 Å². The maximum Gasteiger partial charge on any atom is 0.0344 e. The molecule has 0 saturated heterocycles. The fraction of sp³-hybridized carbons (Fsp3) is 0.500. The van der Waals surface area contributed by atoms with Crippen molar-refractivity contribution in [2.75, 3.05) is 5.32 Å². The van der Waals surface area contributed by atoms with Crippen LogP contribution in [-0.2, 0) is 0 Å². The average Bonchev–Trinajstić information content (AvgIpc) is 2.06. The quantitative estimate of drug-likeness (QED) is 0.727. The van der Waals surface area contributed by atoms with Crippen LogP contribution in [0, 0.1) is 6.92 Å². The largest absolute Gasteiger partial charge is 0.383 e. The maximum atomic E-state index is 3.35. The molecule has 1 aromatic carbocycles. The van der Waals surface area contributed by atoms with Crippen molar-refractivity contribution in [3.8, 4) is 0 Å². The summed E-state index contributed by atoms with van der Waals surface area (Å²) < 4.78 is 0. The molecule has 0 fully saturated rings. The van der Waals surface area contributed by atoms with Gasteiger partial charge in [0, 0.05) is 11.7 Å². The summed E-state index contributed by atoms with van der Waals surface area (Å²) in [7, 11) is 0. The first kappa shape index (κ1) is 12.0. The third kappa shape index (κ3) is 5.29. The lowest BCUT2D eigenvalue weighted by atomic mass is 10.2. The van der Waals surface area contributed by atoms with Gasteiger partial charge in [-0.1, -0.05) is 26.0 Å². The minimum atomic E-state index is 0.511. The molecule has 0 aromatic heterocycles. The smallest absolute Gasteiger partial charge is 0.0344 e. The van der Waals surface area contributed by atoms with Crippen molar-refractivity contribution >= 4 is 5.69 Å². The Morgan fingerprint density at radius 1 is 1.15 bits per heavy atom. The number of benzene rings is 1. The van der Waals surface area contributed by atoms with Gasteiger partial charge in [-0.05, 0) is 38.5 Å². The third-order valence-electron chi connectivity index (χ3n) is 1.47. The summed E-state index contributed by atoms with van der Waals surface area (Å²) in [6.07, 6.45) is 0. The fourth-order valence-electron chi connectivity index (χ4n) is 1.07. The first-order valence-corrected chi connectivity index (χ1v) is 5.01. The molecule has 1 heteroatoms. The average molecular weight is 179 g/mol. The molecular weight excluding hydrogens is 158 g/mol. The molecule has 0 spiro atoms. The van der Waals surface area contributed by atoms with Crippen LogP contribution in [0.3, 0.4) is 0 Å². The molecule has 1 rings (SSSR count). The lowest BCUT2D eigenvalue weighted by molar-refractivity contribution is 0.899. The molecule has 74 valence electrons. The van der Waals surface area contributed by atoms with Crippen molar-refractivity contribution in [3.05, 3.63) is 29.8 Å². The molecule has 0 aliphatic carbocycles. The highest BCUT2D eigenvalue weighted by Gasteiger charge is 1.93. The zero-order chi connectivity index (χ0) is 10.3. The Labute approximate surface area is 82.2 Å². The first-order valence-electron chi connectivity index (χ1n) is 5.01. The Morgan fingerprint density at radius 2 is 1.77 bits per heavy atom. The minimum Gasteiger partial charge on any atom is -0.383 e. The molecule has 0 saturated carbocycles. The van der Waals surface area contributed by atoms with E-state index in [1.165, 1.54) is 11.3 Å². The predicted octanol–water partition coefficient (Wildman–Crippen LogP) is 3.84. The van der Waals surface area contributed by atoms with E-state index in [0.29, 0.717) is 6.04 Å². The fourth-order valence-corrected chi connectivity index (χ4v) is 1.07. The van der Waals surface area contributed by atoms with E-state index in [2.05, 4.69) is 50.4 Å². The molecule has 13 heavy (non-hydrogen) atoms. The van der Waals surface area contributed by atoms with Gasteiger partial charge in [0.15, 0.2) is 0 Å². The molecular formula is C12H21N. The van der Waals surface area contributed by atoms with Crippen LogP contribution < -0.4 is 5.32 Å². The maximum absolute atomic E-state index is 3.35. The lowest BCUT2D eigenvalue weighted by Crippen LogP contribution is -2.09. The van der Waals surface area contributed by atoms with E-state index in [0.717, 1.165) is 0 Å². The second-order valence-electron chi connectivity index (χ2n) is 3.17. The molecule has 0 atom stereocenters. The molecule has 0 unspecified atom stereocenters. The van der Waals surface area contributed by atoms with E-state index in [-0.39, 0.29) is 0 Å². The first-order chi connectivity index (χ1) is 6.18. The highest BCUT2D eigenvalue weighted by atomic mass is 14.9. The molecule has 0 aliphatic rings. The van der Waals surface area contributed by atoms with Crippen LogP contribution in [0.25, 0.3) is 0 Å².